The molecule has 0 saturated heterocycles. The van der Waals surface area contributed by atoms with Crippen LogP contribution in [0.1, 0.15) is 61.3 Å². The van der Waals surface area contributed by atoms with E-state index in [1.807, 2.05) is 48.0 Å². The molecule has 0 aliphatic heterocycles. The third-order valence-electron chi connectivity index (χ3n) is 7.39. The Morgan fingerprint density at radius 2 is 1.67 bits per heavy atom. The topological polar surface area (TPSA) is 79.7 Å². The molecular formula is C31H33FN6O. The fourth-order valence-corrected chi connectivity index (χ4v) is 4.87. The molecule has 0 amide bonds. The molecule has 1 atom stereocenters. The van der Waals surface area contributed by atoms with E-state index in [2.05, 4.69) is 64.4 Å². The fourth-order valence-electron chi connectivity index (χ4n) is 4.87. The molecule has 200 valence electrons. The van der Waals surface area contributed by atoms with Gasteiger partial charge in [0.25, 0.3) is 5.56 Å². The summed E-state index contributed by atoms with van der Waals surface area (Å²) in [6, 6.07) is 23.9. The van der Waals surface area contributed by atoms with Gasteiger partial charge in [0.05, 0.1) is 5.54 Å². The van der Waals surface area contributed by atoms with Gasteiger partial charge in [0, 0.05) is 24.2 Å². The minimum absolute atomic E-state index is 0.197. The lowest BCUT2D eigenvalue weighted by atomic mass is 9.98. The van der Waals surface area contributed by atoms with E-state index in [1.165, 1.54) is 12.1 Å². The Bertz CT molecular complexity index is 1630. The lowest BCUT2D eigenvalue weighted by Crippen LogP contribution is -2.38. The van der Waals surface area contributed by atoms with Crippen molar-refractivity contribution in [2.75, 3.05) is 0 Å². The molecule has 0 unspecified atom stereocenters. The molecule has 3 aromatic carbocycles. The van der Waals surface area contributed by atoms with Crippen molar-refractivity contribution in [2.45, 2.75) is 58.8 Å². The summed E-state index contributed by atoms with van der Waals surface area (Å²) in [6.45, 7) is 9.26. The zero-order valence-electron chi connectivity index (χ0n) is 22.7. The molecule has 0 saturated carbocycles. The van der Waals surface area contributed by atoms with E-state index in [9.17, 15) is 9.18 Å². The molecule has 0 radical (unpaired) electrons. The van der Waals surface area contributed by atoms with Crippen LogP contribution in [-0.4, -0.2) is 30.1 Å². The van der Waals surface area contributed by atoms with Crippen LogP contribution in [0.4, 0.5) is 4.39 Å². The molecule has 2 heterocycles. The number of rotatable bonds is 9. The standard InChI is InChI=1S/C31H33FN6O/c1-5-31(3,4)38-29(34-35-36-38)28(26-18-24-17-21(2)11-16-27(24)33-30(26)39)37(19-22-9-7-6-8-10-22)20-23-12-14-25(32)15-13-23/h6-18,28H,5,19-20H2,1-4H3,(H,33,39)/t28-/m1/s1. The van der Waals surface area contributed by atoms with Crippen molar-refractivity contribution in [1.29, 1.82) is 0 Å². The number of H-pyrrole nitrogens is 1. The highest BCUT2D eigenvalue weighted by molar-refractivity contribution is 5.79. The van der Waals surface area contributed by atoms with Gasteiger partial charge in [0.15, 0.2) is 5.82 Å². The highest BCUT2D eigenvalue weighted by Gasteiger charge is 2.34. The number of pyridine rings is 1. The minimum atomic E-state index is -0.579. The second kappa shape index (κ2) is 10.9. The van der Waals surface area contributed by atoms with Gasteiger partial charge >= 0.3 is 0 Å². The largest absolute Gasteiger partial charge is 0.322 e. The maximum atomic E-state index is 13.8. The van der Waals surface area contributed by atoms with Crippen LogP contribution in [0.25, 0.3) is 10.9 Å². The van der Waals surface area contributed by atoms with Crippen molar-refractivity contribution < 1.29 is 4.39 Å². The molecule has 0 aliphatic rings. The number of tetrazole rings is 1. The zero-order chi connectivity index (χ0) is 27.6. The number of hydrogen-bond donors (Lipinski definition) is 1. The lowest BCUT2D eigenvalue weighted by molar-refractivity contribution is 0.180. The minimum Gasteiger partial charge on any atom is -0.322 e. The summed E-state index contributed by atoms with van der Waals surface area (Å²) in [5.74, 6) is 0.289. The van der Waals surface area contributed by atoms with Crippen molar-refractivity contribution in [2.24, 2.45) is 0 Å². The number of fused-ring (bicyclic) bond motifs is 1. The molecule has 0 aliphatic carbocycles. The SMILES string of the molecule is CCC(C)(C)n1nnnc1[C@@H](c1cc2cc(C)ccc2[nH]c1=O)N(Cc1ccccc1)Cc1ccc(F)cc1. The first-order valence-electron chi connectivity index (χ1n) is 13.2. The third-order valence-corrected chi connectivity index (χ3v) is 7.39. The van der Waals surface area contributed by atoms with Gasteiger partial charge in [0.2, 0.25) is 0 Å². The van der Waals surface area contributed by atoms with Crippen LogP contribution in [0.15, 0.2) is 83.7 Å². The van der Waals surface area contributed by atoms with Gasteiger partial charge in [-0.15, -0.1) is 5.10 Å². The summed E-state index contributed by atoms with van der Waals surface area (Å²) < 4.78 is 15.6. The molecule has 5 aromatic rings. The number of halogens is 1. The Hall–Kier alpha value is -4.17. The van der Waals surface area contributed by atoms with Gasteiger partial charge in [0.1, 0.15) is 11.9 Å². The molecule has 7 nitrogen and oxygen atoms in total. The zero-order valence-corrected chi connectivity index (χ0v) is 22.7. The van der Waals surface area contributed by atoms with Crippen LogP contribution in [0.5, 0.6) is 0 Å². The molecule has 0 fully saturated rings. The predicted molar refractivity (Wildman–Crippen MR) is 151 cm³/mol. The van der Waals surface area contributed by atoms with Crippen molar-refractivity contribution in [3.63, 3.8) is 0 Å². The Kier molecular flexibility index (Phi) is 7.39. The summed E-state index contributed by atoms with van der Waals surface area (Å²) in [5.41, 5.74) is 3.83. The normalized spacial score (nSPS) is 12.8. The van der Waals surface area contributed by atoms with Gasteiger partial charge in [-0.25, -0.2) is 9.07 Å². The van der Waals surface area contributed by atoms with E-state index in [1.54, 1.807) is 12.1 Å². The van der Waals surface area contributed by atoms with Crippen molar-refractivity contribution in [1.82, 2.24) is 30.1 Å². The molecule has 1 N–H and O–H groups in total. The maximum Gasteiger partial charge on any atom is 0.253 e. The highest BCUT2D eigenvalue weighted by Crippen LogP contribution is 2.33. The van der Waals surface area contributed by atoms with E-state index < -0.39 is 6.04 Å². The Balaban J connectivity index is 1.74. The summed E-state index contributed by atoms with van der Waals surface area (Å²) in [7, 11) is 0. The van der Waals surface area contributed by atoms with Crippen LogP contribution >= 0.6 is 0 Å². The highest BCUT2D eigenvalue weighted by atomic mass is 19.1. The number of aromatic amines is 1. The van der Waals surface area contributed by atoms with Crippen molar-refractivity contribution in [3.8, 4) is 0 Å². The molecule has 0 bridgehead atoms. The van der Waals surface area contributed by atoms with E-state index in [4.69, 9.17) is 0 Å². The molecule has 8 heteroatoms. The summed E-state index contributed by atoms with van der Waals surface area (Å²) >= 11 is 0. The number of nitrogens with zero attached hydrogens (tertiary/aromatic N) is 5. The van der Waals surface area contributed by atoms with Crippen molar-refractivity contribution in [3.05, 3.63) is 123 Å². The third kappa shape index (κ3) is 5.66. The average Bonchev–Trinajstić information content (AvgIpc) is 3.42. The Labute approximate surface area is 227 Å². The Morgan fingerprint density at radius 1 is 0.974 bits per heavy atom. The smallest absolute Gasteiger partial charge is 0.253 e. The quantitative estimate of drug-likeness (QED) is 0.260. The number of hydrogen-bond acceptors (Lipinski definition) is 5. The predicted octanol–water partition coefficient (Wildman–Crippen LogP) is 5.90. The maximum absolute atomic E-state index is 13.8. The summed E-state index contributed by atoms with van der Waals surface area (Å²) in [5, 5.41) is 13.9. The molecule has 5 rings (SSSR count). The van der Waals surface area contributed by atoms with Gasteiger partial charge < -0.3 is 4.98 Å². The van der Waals surface area contributed by atoms with Crippen LogP contribution in [0.3, 0.4) is 0 Å². The van der Waals surface area contributed by atoms with Crippen LogP contribution < -0.4 is 5.56 Å². The number of aromatic nitrogens is 5. The Morgan fingerprint density at radius 3 is 2.36 bits per heavy atom. The second-order valence-electron chi connectivity index (χ2n) is 10.7. The van der Waals surface area contributed by atoms with Crippen LogP contribution in [-0.2, 0) is 18.6 Å². The van der Waals surface area contributed by atoms with Crippen LogP contribution in [0.2, 0.25) is 0 Å². The molecule has 39 heavy (non-hydrogen) atoms. The van der Waals surface area contributed by atoms with E-state index in [0.717, 1.165) is 34.0 Å². The number of benzene rings is 3. The number of nitrogens with one attached hydrogen (secondary N) is 1. The summed E-state index contributed by atoms with van der Waals surface area (Å²) in [6.07, 6.45) is 0.793. The summed E-state index contributed by atoms with van der Waals surface area (Å²) in [4.78, 5) is 19.0. The average molecular weight is 525 g/mol. The van der Waals surface area contributed by atoms with Crippen LogP contribution in [0, 0.1) is 12.7 Å². The van der Waals surface area contributed by atoms with E-state index in [0.29, 0.717) is 24.5 Å². The molecule has 2 aromatic heterocycles. The van der Waals surface area contributed by atoms with Gasteiger partial charge in [-0.2, -0.15) is 0 Å². The first-order valence-corrected chi connectivity index (χ1v) is 13.2. The van der Waals surface area contributed by atoms with Gasteiger partial charge in [-0.1, -0.05) is 61.0 Å². The second-order valence-corrected chi connectivity index (χ2v) is 10.7. The van der Waals surface area contributed by atoms with E-state index >= 15 is 0 Å². The lowest BCUT2D eigenvalue weighted by Gasteiger charge is -2.33. The first kappa shape index (κ1) is 26.4. The van der Waals surface area contributed by atoms with Gasteiger partial charge in [-0.05, 0) is 84.5 Å². The molecular weight excluding hydrogens is 491 g/mol. The number of aryl methyl sites for hydroxylation is 1. The monoisotopic (exact) mass is 524 g/mol. The van der Waals surface area contributed by atoms with Crippen molar-refractivity contribution >= 4 is 10.9 Å². The molecule has 0 spiro atoms. The fraction of sp³-hybridized carbons (Fsp3) is 0.290. The first-order chi connectivity index (χ1) is 18.7. The van der Waals surface area contributed by atoms with Gasteiger partial charge in [-0.3, -0.25) is 9.69 Å². The van der Waals surface area contributed by atoms with E-state index in [-0.39, 0.29) is 16.9 Å².